The maximum Gasteiger partial charge on any atom is 0.185 e. The topological polar surface area (TPSA) is 62.4 Å². The van der Waals surface area contributed by atoms with Crippen molar-refractivity contribution in [2.45, 2.75) is 6.04 Å². The average molecular weight is 187 g/mol. The number of aliphatic hydroxyl groups is 1. The molecule has 4 nitrogen and oxygen atoms in total. The summed E-state index contributed by atoms with van der Waals surface area (Å²) in [5.74, 6) is 0. The highest BCUT2D eigenvalue weighted by Crippen LogP contribution is 2.24. The van der Waals surface area contributed by atoms with Crippen LogP contribution in [0, 0.1) is 0 Å². The molecule has 12 heavy (non-hydrogen) atoms. The Morgan fingerprint density at radius 2 is 2.42 bits per heavy atom. The highest BCUT2D eigenvalue weighted by atomic mass is 32.1. The van der Waals surface area contributed by atoms with Crippen LogP contribution >= 0.6 is 11.3 Å². The van der Waals surface area contributed by atoms with Gasteiger partial charge in [-0.3, -0.25) is 0 Å². The van der Waals surface area contributed by atoms with E-state index in [9.17, 15) is 0 Å². The monoisotopic (exact) mass is 187 g/mol. The number of hydrogen-bond donors (Lipinski definition) is 2. The van der Waals surface area contributed by atoms with E-state index < -0.39 is 0 Å². The molecule has 1 unspecified atom stereocenters. The Hall–Kier alpha value is -0.650. The van der Waals surface area contributed by atoms with Gasteiger partial charge >= 0.3 is 0 Å². The molecule has 0 aliphatic heterocycles. The Balaban J connectivity index is 2.77. The summed E-state index contributed by atoms with van der Waals surface area (Å²) >= 11 is 1.50. The third kappa shape index (κ3) is 1.94. The Bertz CT molecular complexity index is 249. The van der Waals surface area contributed by atoms with Crippen molar-refractivity contribution in [1.82, 2.24) is 4.98 Å². The number of nitrogens with zero attached hydrogens (tertiary/aromatic N) is 2. The van der Waals surface area contributed by atoms with Crippen LogP contribution in [0.2, 0.25) is 0 Å². The lowest BCUT2D eigenvalue weighted by atomic mass is 10.3. The van der Waals surface area contributed by atoms with Gasteiger partial charge in [-0.25, -0.2) is 4.98 Å². The smallest absolute Gasteiger partial charge is 0.185 e. The van der Waals surface area contributed by atoms with Crippen molar-refractivity contribution in [3.05, 3.63) is 11.1 Å². The first-order valence-electron chi connectivity index (χ1n) is 3.64. The summed E-state index contributed by atoms with van der Waals surface area (Å²) in [5.41, 5.74) is 5.61. The number of aliphatic hydroxyl groups excluding tert-OH is 1. The molecule has 0 saturated carbocycles. The largest absolute Gasteiger partial charge is 0.394 e. The summed E-state index contributed by atoms with van der Waals surface area (Å²) in [6.07, 6.45) is 1.71. The zero-order chi connectivity index (χ0) is 9.14. The van der Waals surface area contributed by atoms with Crippen molar-refractivity contribution in [2.75, 3.05) is 25.6 Å². The Morgan fingerprint density at radius 1 is 1.75 bits per heavy atom. The van der Waals surface area contributed by atoms with Gasteiger partial charge in [-0.05, 0) is 0 Å². The summed E-state index contributed by atoms with van der Waals surface area (Å²) in [7, 11) is 3.85. The van der Waals surface area contributed by atoms with E-state index in [4.69, 9.17) is 10.8 Å². The molecule has 0 amide bonds. The summed E-state index contributed by atoms with van der Waals surface area (Å²) in [6, 6.07) is -0.295. The second kappa shape index (κ2) is 3.84. The van der Waals surface area contributed by atoms with Gasteiger partial charge in [-0.15, -0.1) is 11.3 Å². The van der Waals surface area contributed by atoms with Crippen LogP contribution in [-0.2, 0) is 0 Å². The van der Waals surface area contributed by atoms with Crippen LogP contribution in [0.1, 0.15) is 10.9 Å². The van der Waals surface area contributed by atoms with Crippen LogP contribution < -0.4 is 10.6 Å². The van der Waals surface area contributed by atoms with E-state index in [-0.39, 0.29) is 12.6 Å². The van der Waals surface area contributed by atoms with Crippen molar-refractivity contribution in [1.29, 1.82) is 0 Å². The fourth-order valence-corrected chi connectivity index (χ4v) is 1.58. The summed E-state index contributed by atoms with van der Waals surface area (Å²) in [6.45, 7) is -0.0327. The Morgan fingerprint density at radius 3 is 2.83 bits per heavy atom. The van der Waals surface area contributed by atoms with E-state index in [1.54, 1.807) is 6.20 Å². The number of aromatic nitrogens is 1. The third-order valence-electron chi connectivity index (χ3n) is 1.46. The normalized spacial score (nSPS) is 13.0. The number of rotatable bonds is 3. The average Bonchev–Trinajstić information content (AvgIpc) is 2.51. The van der Waals surface area contributed by atoms with Crippen LogP contribution in [0.15, 0.2) is 6.20 Å². The molecule has 1 heterocycles. The van der Waals surface area contributed by atoms with Crippen LogP contribution in [0.25, 0.3) is 0 Å². The van der Waals surface area contributed by atoms with E-state index in [0.29, 0.717) is 0 Å². The van der Waals surface area contributed by atoms with E-state index >= 15 is 0 Å². The van der Waals surface area contributed by atoms with Gasteiger partial charge in [-0.2, -0.15) is 0 Å². The lowest BCUT2D eigenvalue weighted by Crippen LogP contribution is -2.12. The summed E-state index contributed by atoms with van der Waals surface area (Å²) in [5, 5.41) is 9.69. The molecular formula is C7H13N3OS. The molecule has 3 N–H and O–H groups in total. The first kappa shape index (κ1) is 9.44. The van der Waals surface area contributed by atoms with Gasteiger partial charge in [0.15, 0.2) is 5.13 Å². The molecule has 1 rings (SSSR count). The molecule has 68 valence electrons. The first-order chi connectivity index (χ1) is 5.65. The quantitative estimate of drug-likeness (QED) is 0.709. The molecule has 0 aliphatic carbocycles. The summed E-state index contributed by atoms with van der Waals surface area (Å²) < 4.78 is 0. The van der Waals surface area contributed by atoms with Crippen LogP contribution in [0.4, 0.5) is 5.13 Å². The van der Waals surface area contributed by atoms with Gasteiger partial charge in [0.1, 0.15) is 0 Å². The van der Waals surface area contributed by atoms with Crippen molar-refractivity contribution >= 4 is 16.5 Å². The van der Waals surface area contributed by atoms with Crippen LogP contribution in [0.5, 0.6) is 0 Å². The van der Waals surface area contributed by atoms with Crippen molar-refractivity contribution in [3.63, 3.8) is 0 Å². The molecule has 0 fully saturated rings. The number of thiazole rings is 1. The van der Waals surface area contributed by atoms with Crippen molar-refractivity contribution in [3.8, 4) is 0 Å². The standard InChI is InChI=1S/C7H13N3OS/c1-10(2)7-9-3-6(12-7)5(8)4-11/h3,5,11H,4,8H2,1-2H3. The molecule has 1 atom stereocenters. The van der Waals surface area contributed by atoms with E-state index in [1.165, 1.54) is 11.3 Å². The maximum atomic E-state index is 8.78. The van der Waals surface area contributed by atoms with E-state index in [2.05, 4.69) is 4.98 Å². The molecule has 1 aromatic rings. The van der Waals surface area contributed by atoms with Crippen LogP contribution in [-0.4, -0.2) is 30.8 Å². The zero-order valence-corrected chi connectivity index (χ0v) is 8.01. The minimum absolute atomic E-state index is 0.0327. The minimum Gasteiger partial charge on any atom is -0.394 e. The first-order valence-corrected chi connectivity index (χ1v) is 4.46. The highest BCUT2D eigenvalue weighted by molar-refractivity contribution is 7.15. The highest BCUT2D eigenvalue weighted by Gasteiger charge is 2.09. The SMILES string of the molecule is CN(C)c1ncc(C(N)CO)s1. The van der Waals surface area contributed by atoms with Gasteiger partial charge in [-0.1, -0.05) is 0 Å². The molecule has 0 aliphatic rings. The fourth-order valence-electron chi connectivity index (χ4n) is 0.745. The fraction of sp³-hybridized carbons (Fsp3) is 0.571. The molecular weight excluding hydrogens is 174 g/mol. The van der Waals surface area contributed by atoms with Gasteiger partial charge < -0.3 is 15.7 Å². The molecule has 0 saturated heterocycles. The Labute approximate surface area is 75.6 Å². The second-order valence-corrected chi connectivity index (χ2v) is 3.77. The van der Waals surface area contributed by atoms with Crippen LogP contribution in [0.3, 0.4) is 0 Å². The minimum atomic E-state index is -0.295. The van der Waals surface area contributed by atoms with Crippen molar-refractivity contribution < 1.29 is 5.11 Å². The molecule has 0 aromatic carbocycles. The molecule has 0 radical (unpaired) electrons. The number of anilines is 1. The van der Waals surface area contributed by atoms with E-state index in [0.717, 1.165) is 10.0 Å². The molecule has 1 aromatic heterocycles. The Kier molecular flexibility index (Phi) is 3.02. The third-order valence-corrected chi connectivity index (χ3v) is 2.75. The summed E-state index contributed by atoms with van der Waals surface area (Å²) in [4.78, 5) is 6.97. The molecule has 5 heteroatoms. The number of nitrogens with two attached hydrogens (primary N) is 1. The maximum absolute atomic E-state index is 8.78. The lowest BCUT2D eigenvalue weighted by molar-refractivity contribution is 0.269. The van der Waals surface area contributed by atoms with E-state index in [1.807, 2.05) is 19.0 Å². The predicted molar refractivity (Wildman–Crippen MR) is 50.5 cm³/mol. The molecule has 0 spiro atoms. The molecule has 0 bridgehead atoms. The predicted octanol–water partition coefficient (Wildman–Crippen LogP) is 0.201. The second-order valence-electron chi connectivity index (χ2n) is 2.73. The van der Waals surface area contributed by atoms with Gasteiger partial charge in [0.25, 0.3) is 0 Å². The van der Waals surface area contributed by atoms with Gasteiger partial charge in [0.05, 0.1) is 12.6 Å². The van der Waals surface area contributed by atoms with Gasteiger partial charge in [0, 0.05) is 25.2 Å². The van der Waals surface area contributed by atoms with Crippen molar-refractivity contribution in [2.24, 2.45) is 5.73 Å². The lowest BCUT2D eigenvalue weighted by Gasteiger charge is -2.06. The number of hydrogen-bond acceptors (Lipinski definition) is 5. The van der Waals surface area contributed by atoms with Gasteiger partial charge in [0.2, 0.25) is 0 Å². The zero-order valence-electron chi connectivity index (χ0n) is 7.19.